The summed E-state index contributed by atoms with van der Waals surface area (Å²) in [7, 11) is 3.45. The molecule has 1 aromatic rings. The quantitative estimate of drug-likeness (QED) is 0.846. The van der Waals surface area contributed by atoms with Crippen molar-refractivity contribution >= 4 is 5.69 Å². The lowest BCUT2D eigenvalue weighted by atomic mass is 9.99. The molecule has 0 saturated carbocycles. The van der Waals surface area contributed by atoms with Crippen molar-refractivity contribution in [3.63, 3.8) is 0 Å². The molecule has 4 nitrogen and oxygen atoms in total. The second kappa shape index (κ2) is 5.92. The predicted molar refractivity (Wildman–Crippen MR) is 81.0 cm³/mol. The molecule has 2 fully saturated rings. The second-order valence-corrected chi connectivity index (χ2v) is 5.67. The molecule has 20 heavy (non-hydrogen) atoms. The van der Waals surface area contributed by atoms with Gasteiger partial charge in [-0.25, -0.2) is 0 Å². The molecule has 0 aliphatic carbocycles. The number of fused-ring (bicyclic) bond motifs is 1. The molecule has 0 aromatic heterocycles. The Morgan fingerprint density at radius 3 is 2.75 bits per heavy atom. The molecule has 2 saturated heterocycles. The van der Waals surface area contributed by atoms with Gasteiger partial charge in [-0.05, 0) is 31.5 Å². The summed E-state index contributed by atoms with van der Waals surface area (Å²) in [5.74, 6) is 1.84. The smallest absolute Gasteiger partial charge is 0.142 e. The van der Waals surface area contributed by atoms with Crippen molar-refractivity contribution in [3.05, 3.63) is 18.2 Å². The van der Waals surface area contributed by atoms with Crippen LogP contribution in [0.4, 0.5) is 5.69 Å². The second-order valence-electron chi connectivity index (χ2n) is 5.67. The number of ether oxygens (including phenoxy) is 2. The average molecular weight is 276 g/mol. The number of nitrogens with zero attached hydrogens (tertiary/aromatic N) is 2. The number of rotatable bonds is 3. The van der Waals surface area contributed by atoms with E-state index < -0.39 is 0 Å². The fourth-order valence-electron chi connectivity index (χ4n) is 3.42. The fraction of sp³-hybridized carbons (Fsp3) is 0.625. The van der Waals surface area contributed by atoms with Gasteiger partial charge in [-0.3, -0.25) is 4.90 Å². The van der Waals surface area contributed by atoms with Gasteiger partial charge in [0.2, 0.25) is 0 Å². The molecule has 0 bridgehead atoms. The Balaban J connectivity index is 1.81. The van der Waals surface area contributed by atoms with Crippen LogP contribution in [-0.4, -0.2) is 51.3 Å². The zero-order chi connectivity index (χ0) is 13.9. The summed E-state index contributed by atoms with van der Waals surface area (Å²) >= 11 is 0. The van der Waals surface area contributed by atoms with Crippen molar-refractivity contribution in [2.75, 3.05) is 45.3 Å². The largest absolute Gasteiger partial charge is 0.497 e. The van der Waals surface area contributed by atoms with E-state index in [-0.39, 0.29) is 0 Å². The third kappa shape index (κ3) is 2.57. The van der Waals surface area contributed by atoms with Crippen molar-refractivity contribution in [1.82, 2.24) is 4.90 Å². The standard InChI is InChI=1S/C16H24N2O2/c1-19-14-6-7-16(20-2)15(11-14)18-10-9-17-8-4-3-5-13(17)12-18/h6-7,11,13H,3-5,8-10,12H2,1-2H3. The monoisotopic (exact) mass is 276 g/mol. The Hall–Kier alpha value is -1.42. The van der Waals surface area contributed by atoms with E-state index in [9.17, 15) is 0 Å². The Labute approximate surface area is 121 Å². The highest BCUT2D eigenvalue weighted by Gasteiger charge is 2.30. The zero-order valence-corrected chi connectivity index (χ0v) is 12.5. The first kappa shape index (κ1) is 13.6. The molecule has 4 heteroatoms. The minimum atomic E-state index is 0.702. The van der Waals surface area contributed by atoms with Gasteiger partial charge >= 0.3 is 0 Å². The van der Waals surface area contributed by atoms with E-state index in [0.717, 1.165) is 36.8 Å². The Morgan fingerprint density at radius 2 is 1.95 bits per heavy atom. The summed E-state index contributed by atoms with van der Waals surface area (Å²) in [4.78, 5) is 5.10. The molecular weight excluding hydrogens is 252 g/mol. The van der Waals surface area contributed by atoms with E-state index in [1.165, 1.54) is 25.8 Å². The molecule has 2 aliphatic heterocycles. The summed E-state index contributed by atoms with van der Waals surface area (Å²) in [6.07, 6.45) is 4.05. The van der Waals surface area contributed by atoms with E-state index >= 15 is 0 Å². The highest BCUT2D eigenvalue weighted by Crippen LogP contribution is 2.34. The molecule has 1 aromatic carbocycles. The Morgan fingerprint density at radius 1 is 1.05 bits per heavy atom. The molecule has 0 N–H and O–H groups in total. The third-order valence-corrected chi connectivity index (χ3v) is 4.56. The van der Waals surface area contributed by atoms with E-state index in [0.29, 0.717) is 6.04 Å². The van der Waals surface area contributed by atoms with Crippen LogP contribution in [0.15, 0.2) is 18.2 Å². The van der Waals surface area contributed by atoms with Crippen LogP contribution in [0.3, 0.4) is 0 Å². The topological polar surface area (TPSA) is 24.9 Å². The van der Waals surface area contributed by atoms with Crippen molar-refractivity contribution < 1.29 is 9.47 Å². The van der Waals surface area contributed by atoms with Crippen LogP contribution in [0.25, 0.3) is 0 Å². The predicted octanol–water partition coefficient (Wildman–Crippen LogP) is 2.38. The van der Waals surface area contributed by atoms with E-state index in [4.69, 9.17) is 9.47 Å². The molecule has 1 atom stereocenters. The van der Waals surface area contributed by atoms with Crippen molar-refractivity contribution in [3.8, 4) is 11.5 Å². The zero-order valence-electron chi connectivity index (χ0n) is 12.5. The van der Waals surface area contributed by atoms with Gasteiger partial charge in [0.05, 0.1) is 19.9 Å². The highest BCUT2D eigenvalue weighted by atomic mass is 16.5. The lowest BCUT2D eigenvalue weighted by molar-refractivity contribution is 0.133. The first-order valence-electron chi connectivity index (χ1n) is 7.53. The minimum Gasteiger partial charge on any atom is -0.497 e. The SMILES string of the molecule is COc1ccc(OC)c(N2CCN3CCCCC3C2)c1. The van der Waals surface area contributed by atoms with E-state index in [1.54, 1.807) is 14.2 Å². The number of anilines is 1. The minimum absolute atomic E-state index is 0.702. The molecule has 0 spiro atoms. The summed E-state index contributed by atoms with van der Waals surface area (Å²) in [5.41, 5.74) is 1.16. The lowest BCUT2D eigenvalue weighted by Gasteiger charge is -2.45. The number of hydrogen-bond acceptors (Lipinski definition) is 4. The van der Waals surface area contributed by atoms with Crippen molar-refractivity contribution in [2.45, 2.75) is 25.3 Å². The number of benzene rings is 1. The molecule has 2 heterocycles. The van der Waals surface area contributed by atoms with Crippen LogP contribution >= 0.6 is 0 Å². The number of methoxy groups -OCH3 is 2. The summed E-state index contributed by atoms with van der Waals surface area (Å²) in [6.45, 7) is 4.60. The van der Waals surface area contributed by atoms with Crippen LogP contribution in [0, 0.1) is 0 Å². The van der Waals surface area contributed by atoms with Gasteiger partial charge in [-0.2, -0.15) is 0 Å². The summed E-state index contributed by atoms with van der Waals surface area (Å²) in [6, 6.07) is 6.76. The van der Waals surface area contributed by atoms with Crippen LogP contribution in [0.5, 0.6) is 11.5 Å². The third-order valence-electron chi connectivity index (χ3n) is 4.56. The number of hydrogen-bond donors (Lipinski definition) is 0. The van der Waals surface area contributed by atoms with Gasteiger partial charge in [0.25, 0.3) is 0 Å². The highest BCUT2D eigenvalue weighted by molar-refractivity contribution is 5.62. The van der Waals surface area contributed by atoms with Gasteiger partial charge in [-0.1, -0.05) is 6.42 Å². The summed E-state index contributed by atoms with van der Waals surface area (Å²) in [5, 5.41) is 0. The van der Waals surface area contributed by atoms with E-state index in [1.807, 2.05) is 12.1 Å². The van der Waals surface area contributed by atoms with Crippen LogP contribution in [0.2, 0.25) is 0 Å². The molecule has 0 amide bonds. The normalized spacial score (nSPS) is 23.3. The molecule has 110 valence electrons. The molecule has 3 rings (SSSR count). The maximum atomic E-state index is 5.52. The van der Waals surface area contributed by atoms with Gasteiger partial charge in [0.15, 0.2) is 0 Å². The van der Waals surface area contributed by atoms with Crippen molar-refractivity contribution in [1.29, 1.82) is 0 Å². The summed E-state index contributed by atoms with van der Waals surface area (Å²) < 4.78 is 10.9. The Kier molecular flexibility index (Phi) is 4.01. The Bertz CT molecular complexity index is 464. The average Bonchev–Trinajstić information content (AvgIpc) is 2.53. The van der Waals surface area contributed by atoms with E-state index in [2.05, 4.69) is 15.9 Å². The van der Waals surface area contributed by atoms with Crippen molar-refractivity contribution in [2.24, 2.45) is 0 Å². The van der Waals surface area contributed by atoms with Gasteiger partial charge in [-0.15, -0.1) is 0 Å². The number of piperidine rings is 1. The maximum absolute atomic E-state index is 5.52. The first-order valence-corrected chi connectivity index (χ1v) is 7.53. The van der Waals surface area contributed by atoms with Gasteiger partial charge in [0.1, 0.15) is 11.5 Å². The molecular formula is C16H24N2O2. The van der Waals surface area contributed by atoms with Gasteiger partial charge in [0, 0.05) is 31.7 Å². The van der Waals surface area contributed by atoms with Crippen LogP contribution in [0.1, 0.15) is 19.3 Å². The molecule has 2 aliphatic rings. The first-order chi connectivity index (χ1) is 9.81. The lowest BCUT2D eigenvalue weighted by Crippen LogP contribution is -2.54. The maximum Gasteiger partial charge on any atom is 0.142 e. The van der Waals surface area contributed by atoms with Crippen LogP contribution < -0.4 is 14.4 Å². The molecule has 1 unspecified atom stereocenters. The molecule has 0 radical (unpaired) electrons. The number of piperazine rings is 1. The van der Waals surface area contributed by atoms with Gasteiger partial charge < -0.3 is 14.4 Å². The van der Waals surface area contributed by atoms with Crippen LogP contribution in [-0.2, 0) is 0 Å². The fourth-order valence-corrected chi connectivity index (χ4v) is 3.42.